The SMILES string of the molecule is CCNC(=NCC(=O)Nc1ccc(F)c(F)c1F)N1CC(C)CC(C)C1. The van der Waals surface area contributed by atoms with Crippen LogP contribution < -0.4 is 10.6 Å². The van der Waals surface area contributed by atoms with Gasteiger partial charge in [-0.15, -0.1) is 0 Å². The number of anilines is 1. The van der Waals surface area contributed by atoms with Gasteiger partial charge in [0.05, 0.1) is 5.69 Å². The van der Waals surface area contributed by atoms with E-state index in [4.69, 9.17) is 0 Å². The van der Waals surface area contributed by atoms with Gasteiger partial charge < -0.3 is 15.5 Å². The molecule has 2 N–H and O–H groups in total. The van der Waals surface area contributed by atoms with Crippen LogP contribution in [0.25, 0.3) is 0 Å². The van der Waals surface area contributed by atoms with Crippen LogP contribution in [0.1, 0.15) is 27.2 Å². The summed E-state index contributed by atoms with van der Waals surface area (Å²) in [6, 6.07) is 1.74. The largest absolute Gasteiger partial charge is 0.357 e. The molecule has 0 bridgehead atoms. The molecule has 2 rings (SSSR count). The Morgan fingerprint density at radius 2 is 1.85 bits per heavy atom. The van der Waals surface area contributed by atoms with Crippen LogP contribution in [-0.2, 0) is 4.79 Å². The zero-order valence-corrected chi connectivity index (χ0v) is 15.3. The van der Waals surface area contributed by atoms with Crippen molar-refractivity contribution in [2.45, 2.75) is 27.2 Å². The fourth-order valence-corrected chi connectivity index (χ4v) is 3.22. The van der Waals surface area contributed by atoms with Crippen molar-refractivity contribution in [1.82, 2.24) is 10.2 Å². The van der Waals surface area contributed by atoms with Gasteiger partial charge in [-0.05, 0) is 37.3 Å². The molecule has 0 radical (unpaired) electrons. The number of nitrogens with one attached hydrogen (secondary N) is 2. The Morgan fingerprint density at radius 3 is 2.46 bits per heavy atom. The number of benzene rings is 1. The number of guanidine groups is 1. The van der Waals surface area contributed by atoms with E-state index in [2.05, 4.69) is 34.4 Å². The third kappa shape index (κ3) is 5.12. The summed E-state index contributed by atoms with van der Waals surface area (Å²) < 4.78 is 39.8. The fraction of sp³-hybridized carbons (Fsp3) is 0.556. The molecule has 1 saturated heterocycles. The minimum Gasteiger partial charge on any atom is -0.357 e. The topological polar surface area (TPSA) is 56.7 Å². The molecule has 1 aliphatic rings. The van der Waals surface area contributed by atoms with Crippen molar-refractivity contribution in [2.75, 3.05) is 31.5 Å². The van der Waals surface area contributed by atoms with Crippen molar-refractivity contribution < 1.29 is 18.0 Å². The molecule has 1 amide bonds. The first kappa shape index (κ1) is 20.1. The second kappa shape index (κ2) is 8.91. The lowest BCUT2D eigenvalue weighted by atomic mass is 9.92. The van der Waals surface area contributed by atoms with Crippen molar-refractivity contribution >= 4 is 17.6 Å². The van der Waals surface area contributed by atoms with Crippen molar-refractivity contribution in [3.05, 3.63) is 29.6 Å². The lowest BCUT2D eigenvalue weighted by Crippen LogP contribution is -2.48. The average molecular weight is 370 g/mol. The number of halogens is 3. The van der Waals surface area contributed by atoms with E-state index in [1.54, 1.807) is 0 Å². The van der Waals surface area contributed by atoms with Crippen molar-refractivity contribution in [3.63, 3.8) is 0 Å². The van der Waals surface area contributed by atoms with Crippen molar-refractivity contribution in [2.24, 2.45) is 16.8 Å². The molecule has 1 fully saturated rings. The lowest BCUT2D eigenvalue weighted by molar-refractivity contribution is -0.114. The van der Waals surface area contributed by atoms with Gasteiger partial charge in [0.1, 0.15) is 6.54 Å². The predicted octanol–water partition coefficient (Wildman–Crippen LogP) is 2.99. The number of carbonyl (C=O) groups excluding carboxylic acids is 1. The summed E-state index contributed by atoms with van der Waals surface area (Å²) in [6.07, 6.45) is 1.14. The molecule has 1 heterocycles. The van der Waals surface area contributed by atoms with Gasteiger partial charge in [-0.25, -0.2) is 18.2 Å². The van der Waals surface area contributed by atoms with E-state index in [-0.39, 0.29) is 6.54 Å². The summed E-state index contributed by atoms with van der Waals surface area (Å²) in [5.74, 6) is -3.29. The lowest BCUT2D eigenvalue weighted by Gasteiger charge is -2.37. The first-order chi connectivity index (χ1) is 12.3. The van der Waals surface area contributed by atoms with Crippen LogP contribution >= 0.6 is 0 Å². The van der Waals surface area contributed by atoms with E-state index < -0.39 is 29.0 Å². The molecule has 8 heteroatoms. The number of hydrogen-bond donors (Lipinski definition) is 2. The number of rotatable bonds is 4. The molecule has 0 spiro atoms. The Labute approximate surface area is 151 Å². The second-order valence-electron chi connectivity index (χ2n) is 6.79. The maximum absolute atomic E-state index is 13.6. The zero-order valence-electron chi connectivity index (χ0n) is 15.3. The van der Waals surface area contributed by atoms with Crippen LogP contribution in [0.15, 0.2) is 17.1 Å². The summed E-state index contributed by atoms with van der Waals surface area (Å²) in [6.45, 7) is 8.36. The third-order valence-corrected chi connectivity index (χ3v) is 4.18. The monoisotopic (exact) mass is 370 g/mol. The molecular formula is C18H25F3N4O. The Morgan fingerprint density at radius 1 is 1.19 bits per heavy atom. The van der Waals surface area contributed by atoms with Gasteiger partial charge in [-0.3, -0.25) is 4.79 Å². The van der Waals surface area contributed by atoms with Crippen molar-refractivity contribution in [1.29, 1.82) is 0 Å². The van der Waals surface area contributed by atoms with E-state index in [9.17, 15) is 18.0 Å². The highest BCUT2D eigenvalue weighted by atomic mass is 19.2. The summed E-state index contributed by atoms with van der Waals surface area (Å²) in [7, 11) is 0. The summed E-state index contributed by atoms with van der Waals surface area (Å²) >= 11 is 0. The molecule has 2 unspecified atom stereocenters. The molecule has 0 saturated carbocycles. The molecular weight excluding hydrogens is 345 g/mol. The second-order valence-corrected chi connectivity index (χ2v) is 6.79. The minimum atomic E-state index is -1.61. The first-order valence-corrected chi connectivity index (χ1v) is 8.78. The van der Waals surface area contributed by atoms with E-state index in [0.29, 0.717) is 24.3 Å². The van der Waals surface area contributed by atoms with Crippen LogP contribution in [0, 0.1) is 29.3 Å². The average Bonchev–Trinajstić information content (AvgIpc) is 2.58. The van der Waals surface area contributed by atoms with Crippen LogP contribution in [0.4, 0.5) is 18.9 Å². The molecule has 0 aromatic heterocycles. The standard InChI is InChI=1S/C18H25F3N4O/c1-4-22-18(25-9-11(2)7-12(3)10-25)23-8-15(26)24-14-6-5-13(19)16(20)17(14)21/h5-6,11-12H,4,7-10H2,1-3H3,(H,22,23)(H,24,26). The molecule has 1 aliphatic heterocycles. The van der Waals surface area contributed by atoms with Crippen LogP contribution in [0.2, 0.25) is 0 Å². The molecule has 26 heavy (non-hydrogen) atoms. The maximum atomic E-state index is 13.6. The fourth-order valence-electron chi connectivity index (χ4n) is 3.22. The first-order valence-electron chi connectivity index (χ1n) is 8.78. The number of amides is 1. The Hall–Kier alpha value is -2.25. The summed E-state index contributed by atoms with van der Waals surface area (Å²) in [5.41, 5.74) is -0.408. The molecule has 144 valence electrons. The van der Waals surface area contributed by atoms with Crippen LogP contribution in [-0.4, -0.2) is 42.9 Å². The Bertz CT molecular complexity index is 671. The number of likely N-dealkylation sites (tertiary alicyclic amines) is 1. The van der Waals surface area contributed by atoms with E-state index in [1.165, 1.54) is 0 Å². The summed E-state index contributed by atoms with van der Waals surface area (Å²) in [4.78, 5) is 18.4. The molecule has 1 aromatic rings. The molecule has 5 nitrogen and oxygen atoms in total. The maximum Gasteiger partial charge on any atom is 0.246 e. The normalized spacial score (nSPS) is 20.8. The third-order valence-electron chi connectivity index (χ3n) is 4.18. The zero-order chi connectivity index (χ0) is 19.3. The van der Waals surface area contributed by atoms with Gasteiger partial charge in [-0.1, -0.05) is 13.8 Å². The molecule has 1 aromatic carbocycles. The van der Waals surface area contributed by atoms with Crippen molar-refractivity contribution in [3.8, 4) is 0 Å². The number of aliphatic imine (C=N–C) groups is 1. The number of piperidine rings is 1. The van der Waals surface area contributed by atoms with Gasteiger partial charge >= 0.3 is 0 Å². The summed E-state index contributed by atoms with van der Waals surface area (Å²) in [5, 5.41) is 5.38. The number of carbonyl (C=O) groups is 1. The van der Waals surface area contributed by atoms with Gasteiger partial charge in [0.15, 0.2) is 23.4 Å². The van der Waals surface area contributed by atoms with Gasteiger partial charge in [-0.2, -0.15) is 0 Å². The predicted molar refractivity (Wildman–Crippen MR) is 95.4 cm³/mol. The minimum absolute atomic E-state index is 0.250. The number of nitrogens with zero attached hydrogens (tertiary/aromatic N) is 2. The highest BCUT2D eigenvalue weighted by molar-refractivity contribution is 5.94. The van der Waals surface area contributed by atoms with Crippen LogP contribution in [0.5, 0.6) is 0 Å². The molecule has 2 atom stereocenters. The highest BCUT2D eigenvalue weighted by Crippen LogP contribution is 2.21. The van der Waals surface area contributed by atoms with E-state index in [1.807, 2.05) is 6.92 Å². The van der Waals surface area contributed by atoms with Gasteiger partial charge in [0, 0.05) is 19.6 Å². The van der Waals surface area contributed by atoms with Gasteiger partial charge in [0.2, 0.25) is 5.91 Å². The van der Waals surface area contributed by atoms with Crippen LogP contribution in [0.3, 0.4) is 0 Å². The highest BCUT2D eigenvalue weighted by Gasteiger charge is 2.24. The van der Waals surface area contributed by atoms with Gasteiger partial charge in [0.25, 0.3) is 0 Å². The quantitative estimate of drug-likeness (QED) is 0.487. The van der Waals surface area contributed by atoms with E-state index in [0.717, 1.165) is 31.6 Å². The number of hydrogen-bond acceptors (Lipinski definition) is 2. The Balaban J connectivity index is 2.04. The smallest absolute Gasteiger partial charge is 0.246 e. The Kier molecular flexibility index (Phi) is 6.88. The van der Waals surface area contributed by atoms with E-state index >= 15 is 0 Å². The molecule has 0 aliphatic carbocycles.